The average Bonchev–Trinajstić information content (AvgIpc) is 3.34. The second-order valence-electron chi connectivity index (χ2n) is 7.59. The van der Waals surface area contributed by atoms with Gasteiger partial charge >= 0.3 is 5.69 Å². The number of aromatic amines is 1. The van der Waals surface area contributed by atoms with E-state index in [0.717, 1.165) is 56.2 Å². The van der Waals surface area contributed by atoms with Crippen molar-refractivity contribution in [3.05, 3.63) is 34.7 Å². The highest BCUT2D eigenvalue weighted by atomic mass is 16.5. The number of H-pyrrole nitrogens is 1. The number of para-hydroxylation sites is 2. The molecular formula is C19H23N3O3. The van der Waals surface area contributed by atoms with E-state index in [9.17, 15) is 9.59 Å². The SMILES string of the molecule is O=C(C1CC2CCC1O2)N1CCC(n2c(=O)[nH]c3ccccc32)CC1. The van der Waals surface area contributed by atoms with E-state index in [1.807, 2.05) is 33.7 Å². The van der Waals surface area contributed by atoms with Gasteiger partial charge in [-0.15, -0.1) is 0 Å². The Morgan fingerprint density at radius 3 is 2.64 bits per heavy atom. The fourth-order valence-electron chi connectivity index (χ4n) is 4.91. The first-order valence-electron chi connectivity index (χ1n) is 9.34. The van der Waals surface area contributed by atoms with E-state index in [0.29, 0.717) is 6.10 Å². The third-order valence-electron chi connectivity index (χ3n) is 6.19. The molecule has 3 aliphatic rings. The number of rotatable bonds is 2. The highest BCUT2D eigenvalue weighted by Crippen LogP contribution is 2.40. The predicted octanol–water partition coefficient (Wildman–Crippen LogP) is 2.06. The smallest absolute Gasteiger partial charge is 0.326 e. The minimum atomic E-state index is -0.0486. The van der Waals surface area contributed by atoms with Gasteiger partial charge in [-0.25, -0.2) is 4.79 Å². The second-order valence-corrected chi connectivity index (χ2v) is 7.59. The number of carbonyl (C=O) groups is 1. The van der Waals surface area contributed by atoms with Gasteiger partial charge < -0.3 is 14.6 Å². The molecule has 1 aromatic carbocycles. The summed E-state index contributed by atoms with van der Waals surface area (Å²) in [6, 6.07) is 7.96. The van der Waals surface area contributed by atoms with E-state index in [2.05, 4.69) is 4.98 Å². The molecule has 3 aliphatic heterocycles. The number of hydrogen-bond donors (Lipinski definition) is 1. The summed E-state index contributed by atoms with van der Waals surface area (Å²) in [6.45, 7) is 1.45. The van der Waals surface area contributed by atoms with Crippen molar-refractivity contribution in [3.63, 3.8) is 0 Å². The Morgan fingerprint density at radius 2 is 1.92 bits per heavy atom. The molecule has 1 amide bonds. The molecule has 2 bridgehead atoms. The fourth-order valence-corrected chi connectivity index (χ4v) is 4.91. The van der Waals surface area contributed by atoms with Crippen LogP contribution >= 0.6 is 0 Å². The Bertz CT molecular complexity index is 862. The van der Waals surface area contributed by atoms with Crippen LogP contribution < -0.4 is 5.69 Å². The first kappa shape index (κ1) is 15.2. The highest BCUT2D eigenvalue weighted by molar-refractivity contribution is 5.80. The molecule has 3 saturated heterocycles. The van der Waals surface area contributed by atoms with E-state index in [-0.39, 0.29) is 29.7 Å². The summed E-state index contributed by atoms with van der Waals surface area (Å²) < 4.78 is 7.72. The van der Waals surface area contributed by atoms with E-state index < -0.39 is 0 Å². The van der Waals surface area contributed by atoms with Crippen molar-refractivity contribution in [2.75, 3.05) is 13.1 Å². The highest BCUT2D eigenvalue weighted by Gasteiger charge is 2.46. The van der Waals surface area contributed by atoms with Crippen molar-refractivity contribution in [2.45, 2.75) is 50.4 Å². The molecule has 5 rings (SSSR count). The summed E-state index contributed by atoms with van der Waals surface area (Å²) in [6.07, 6.45) is 5.14. The molecular weight excluding hydrogens is 318 g/mol. The van der Waals surface area contributed by atoms with Crippen molar-refractivity contribution in [2.24, 2.45) is 5.92 Å². The quantitative estimate of drug-likeness (QED) is 0.909. The van der Waals surface area contributed by atoms with Crippen LogP contribution in [0.25, 0.3) is 11.0 Å². The third-order valence-corrected chi connectivity index (χ3v) is 6.19. The zero-order valence-corrected chi connectivity index (χ0v) is 14.2. The first-order valence-corrected chi connectivity index (χ1v) is 9.34. The molecule has 3 unspecified atom stereocenters. The lowest BCUT2D eigenvalue weighted by atomic mass is 9.87. The lowest BCUT2D eigenvalue weighted by Gasteiger charge is -2.35. The molecule has 3 atom stereocenters. The predicted molar refractivity (Wildman–Crippen MR) is 93.4 cm³/mol. The number of nitrogens with one attached hydrogen (secondary N) is 1. The maximum Gasteiger partial charge on any atom is 0.326 e. The maximum atomic E-state index is 12.8. The van der Waals surface area contributed by atoms with Gasteiger partial charge in [0.1, 0.15) is 0 Å². The number of carbonyl (C=O) groups excluding carboxylic acids is 1. The lowest BCUT2D eigenvalue weighted by molar-refractivity contribution is -0.138. The van der Waals surface area contributed by atoms with Crippen LogP contribution in [0.1, 0.15) is 38.1 Å². The number of ether oxygens (including phenoxy) is 1. The van der Waals surface area contributed by atoms with Crippen molar-refractivity contribution in [3.8, 4) is 0 Å². The van der Waals surface area contributed by atoms with Gasteiger partial charge in [0.05, 0.1) is 29.2 Å². The normalized spacial score (nSPS) is 29.6. The van der Waals surface area contributed by atoms with Crippen LogP contribution in [-0.2, 0) is 9.53 Å². The van der Waals surface area contributed by atoms with E-state index in [1.165, 1.54) is 0 Å². The summed E-state index contributed by atoms with van der Waals surface area (Å²) in [5.74, 6) is 0.322. The Hall–Kier alpha value is -2.08. The molecule has 132 valence electrons. The van der Waals surface area contributed by atoms with Gasteiger partial charge in [-0.05, 0) is 44.2 Å². The summed E-state index contributed by atoms with van der Waals surface area (Å²) >= 11 is 0. The Balaban J connectivity index is 1.30. The largest absolute Gasteiger partial charge is 0.374 e. The summed E-state index contributed by atoms with van der Waals surface area (Å²) in [4.78, 5) is 30.1. The number of piperidine rings is 1. The molecule has 0 aliphatic carbocycles. The third kappa shape index (κ3) is 2.42. The lowest BCUT2D eigenvalue weighted by Crippen LogP contribution is -2.45. The van der Waals surface area contributed by atoms with E-state index >= 15 is 0 Å². The number of aromatic nitrogens is 2. The minimum absolute atomic E-state index is 0.0486. The number of hydrogen-bond acceptors (Lipinski definition) is 3. The van der Waals surface area contributed by atoms with Crippen molar-refractivity contribution < 1.29 is 9.53 Å². The summed E-state index contributed by atoms with van der Waals surface area (Å²) in [7, 11) is 0. The molecule has 0 saturated carbocycles. The van der Waals surface area contributed by atoms with Crippen molar-refractivity contribution in [1.82, 2.24) is 14.5 Å². The standard InChI is InChI=1S/C19H23N3O3/c23-18(14-11-13-5-6-17(14)25-13)21-9-7-12(8-10-21)22-16-4-2-1-3-15(16)20-19(22)24/h1-4,12-14,17H,5-11H2,(H,20,24). The second kappa shape index (κ2) is 5.73. The molecule has 1 aromatic heterocycles. The fraction of sp³-hybridized carbons (Fsp3) is 0.579. The number of fused-ring (bicyclic) bond motifs is 3. The minimum Gasteiger partial charge on any atom is -0.374 e. The van der Waals surface area contributed by atoms with Crippen molar-refractivity contribution in [1.29, 1.82) is 0 Å². The van der Waals surface area contributed by atoms with Crippen molar-refractivity contribution >= 4 is 16.9 Å². The molecule has 6 nitrogen and oxygen atoms in total. The van der Waals surface area contributed by atoms with Crippen LogP contribution in [0.3, 0.4) is 0 Å². The number of likely N-dealkylation sites (tertiary alicyclic amines) is 1. The monoisotopic (exact) mass is 341 g/mol. The molecule has 0 radical (unpaired) electrons. The molecule has 25 heavy (non-hydrogen) atoms. The van der Waals surface area contributed by atoms with Crippen LogP contribution in [-0.4, -0.2) is 45.7 Å². The molecule has 6 heteroatoms. The van der Waals surface area contributed by atoms with Crippen LogP contribution in [0.15, 0.2) is 29.1 Å². The van der Waals surface area contributed by atoms with Gasteiger partial charge in [0.2, 0.25) is 5.91 Å². The zero-order chi connectivity index (χ0) is 17.0. The number of amides is 1. The zero-order valence-electron chi connectivity index (χ0n) is 14.2. The molecule has 2 aromatic rings. The Kier molecular flexibility index (Phi) is 3.48. The molecule has 0 spiro atoms. The summed E-state index contributed by atoms with van der Waals surface area (Å²) in [5, 5.41) is 0. The number of benzene rings is 1. The van der Waals surface area contributed by atoms with Crippen LogP contribution in [0.2, 0.25) is 0 Å². The summed E-state index contributed by atoms with van der Waals surface area (Å²) in [5.41, 5.74) is 1.79. The van der Waals surface area contributed by atoms with Gasteiger partial charge in [0.15, 0.2) is 0 Å². The Labute approximate surface area is 145 Å². The van der Waals surface area contributed by atoms with Gasteiger partial charge in [0.25, 0.3) is 0 Å². The first-order chi connectivity index (χ1) is 12.2. The molecule has 1 N–H and O–H groups in total. The van der Waals surface area contributed by atoms with Gasteiger partial charge in [-0.1, -0.05) is 12.1 Å². The average molecular weight is 341 g/mol. The van der Waals surface area contributed by atoms with Crippen LogP contribution in [0.4, 0.5) is 0 Å². The van der Waals surface area contributed by atoms with E-state index in [4.69, 9.17) is 4.74 Å². The number of nitrogens with zero attached hydrogens (tertiary/aromatic N) is 2. The van der Waals surface area contributed by atoms with Crippen LogP contribution in [0.5, 0.6) is 0 Å². The topological polar surface area (TPSA) is 67.3 Å². The van der Waals surface area contributed by atoms with E-state index in [1.54, 1.807) is 0 Å². The molecule has 3 fully saturated rings. The molecule has 4 heterocycles. The van der Waals surface area contributed by atoms with Gasteiger partial charge in [-0.2, -0.15) is 0 Å². The van der Waals surface area contributed by atoms with Gasteiger partial charge in [0, 0.05) is 19.1 Å². The Morgan fingerprint density at radius 1 is 1.12 bits per heavy atom. The van der Waals surface area contributed by atoms with Crippen LogP contribution in [0, 0.1) is 5.92 Å². The maximum absolute atomic E-state index is 12.8. The number of imidazole rings is 1. The van der Waals surface area contributed by atoms with Gasteiger partial charge in [-0.3, -0.25) is 9.36 Å².